The smallest absolute Gasteiger partial charge is 0.267 e. The SMILES string of the molecule is Cc1ncn(CC2CO2)c(=O)c1Br. The average molecular weight is 245 g/mol. The van der Waals surface area contributed by atoms with Crippen LogP contribution in [0, 0.1) is 6.92 Å². The van der Waals surface area contributed by atoms with Crippen LogP contribution in [0.3, 0.4) is 0 Å². The summed E-state index contributed by atoms with van der Waals surface area (Å²) in [6.07, 6.45) is 1.76. The first-order chi connectivity index (χ1) is 6.18. The lowest BCUT2D eigenvalue weighted by Gasteiger charge is -2.03. The van der Waals surface area contributed by atoms with Gasteiger partial charge in [-0.3, -0.25) is 9.36 Å². The summed E-state index contributed by atoms with van der Waals surface area (Å²) in [4.78, 5) is 15.7. The van der Waals surface area contributed by atoms with Crippen molar-refractivity contribution in [1.82, 2.24) is 9.55 Å². The van der Waals surface area contributed by atoms with Crippen LogP contribution in [0.25, 0.3) is 0 Å². The van der Waals surface area contributed by atoms with Crippen molar-refractivity contribution in [2.75, 3.05) is 6.61 Å². The average Bonchev–Trinajstić information content (AvgIpc) is 2.90. The summed E-state index contributed by atoms with van der Waals surface area (Å²) in [6.45, 7) is 3.14. The standard InChI is InChI=1S/C8H9BrN2O2/c1-5-7(9)8(12)11(4-10-5)2-6-3-13-6/h4,6H,2-3H2,1H3. The van der Waals surface area contributed by atoms with Crippen molar-refractivity contribution >= 4 is 15.9 Å². The number of aryl methyl sites for hydroxylation is 1. The Bertz CT molecular complexity index is 384. The highest BCUT2D eigenvalue weighted by molar-refractivity contribution is 9.10. The highest BCUT2D eigenvalue weighted by Crippen LogP contribution is 2.11. The Morgan fingerprint density at radius 2 is 2.54 bits per heavy atom. The van der Waals surface area contributed by atoms with Gasteiger partial charge in [0, 0.05) is 0 Å². The predicted molar refractivity (Wildman–Crippen MR) is 50.7 cm³/mol. The van der Waals surface area contributed by atoms with Crippen molar-refractivity contribution in [2.24, 2.45) is 0 Å². The number of hydrogen-bond donors (Lipinski definition) is 0. The van der Waals surface area contributed by atoms with E-state index in [1.807, 2.05) is 0 Å². The summed E-state index contributed by atoms with van der Waals surface area (Å²) in [7, 11) is 0. The van der Waals surface area contributed by atoms with Crippen molar-refractivity contribution in [2.45, 2.75) is 19.6 Å². The molecule has 0 radical (unpaired) electrons. The first-order valence-electron chi connectivity index (χ1n) is 4.01. The lowest BCUT2D eigenvalue weighted by atomic mass is 10.4. The Labute approximate surface area is 83.7 Å². The van der Waals surface area contributed by atoms with Crippen LogP contribution in [0.1, 0.15) is 5.69 Å². The lowest BCUT2D eigenvalue weighted by molar-refractivity contribution is 0.378. The fourth-order valence-corrected chi connectivity index (χ4v) is 1.40. The second kappa shape index (κ2) is 3.23. The first kappa shape index (κ1) is 8.90. The molecule has 1 fully saturated rings. The number of hydrogen-bond acceptors (Lipinski definition) is 3. The molecule has 1 unspecified atom stereocenters. The molecule has 0 amide bonds. The molecule has 1 saturated heterocycles. The fourth-order valence-electron chi connectivity index (χ4n) is 1.07. The monoisotopic (exact) mass is 244 g/mol. The summed E-state index contributed by atoms with van der Waals surface area (Å²) >= 11 is 3.20. The third kappa shape index (κ3) is 1.81. The normalized spacial score (nSPS) is 20.3. The fraction of sp³-hybridized carbons (Fsp3) is 0.500. The van der Waals surface area contributed by atoms with Gasteiger partial charge in [0.2, 0.25) is 0 Å². The maximum atomic E-state index is 11.6. The van der Waals surface area contributed by atoms with E-state index in [0.717, 1.165) is 12.3 Å². The minimum Gasteiger partial charge on any atom is -0.371 e. The molecule has 0 spiro atoms. The summed E-state index contributed by atoms with van der Waals surface area (Å²) in [6, 6.07) is 0. The van der Waals surface area contributed by atoms with Crippen LogP contribution in [-0.4, -0.2) is 22.3 Å². The van der Waals surface area contributed by atoms with Crippen molar-refractivity contribution in [3.8, 4) is 0 Å². The van der Waals surface area contributed by atoms with E-state index in [9.17, 15) is 4.79 Å². The Hall–Kier alpha value is -0.680. The van der Waals surface area contributed by atoms with Crippen LogP contribution in [0.15, 0.2) is 15.6 Å². The molecule has 0 aromatic carbocycles. The number of aromatic nitrogens is 2. The van der Waals surface area contributed by atoms with Gasteiger partial charge in [0.05, 0.1) is 31.3 Å². The van der Waals surface area contributed by atoms with E-state index >= 15 is 0 Å². The molecule has 0 saturated carbocycles. The van der Waals surface area contributed by atoms with Gasteiger partial charge in [-0.25, -0.2) is 4.98 Å². The summed E-state index contributed by atoms with van der Waals surface area (Å²) in [5, 5.41) is 0. The van der Waals surface area contributed by atoms with Gasteiger partial charge in [-0.15, -0.1) is 0 Å². The quantitative estimate of drug-likeness (QED) is 0.721. The van der Waals surface area contributed by atoms with Crippen LogP contribution < -0.4 is 5.56 Å². The zero-order chi connectivity index (χ0) is 9.42. The molecule has 0 aliphatic carbocycles. The maximum Gasteiger partial charge on any atom is 0.267 e. The molecular formula is C8H9BrN2O2. The minimum absolute atomic E-state index is 0.0389. The van der Waals surface area contributed by atoms with E-state index in [-0.39, 0.29) is 11.7 Å². The van der Waals surface area contributed by atoms with Gasteiger partial charge >= 0.3 is 0 Å². The molecule has 4 nitrogen and oxygen atoms in total. The largest absolute Gasteiger partial charge is 0.371 e. The van der Waals surface area contributed by atoms with Crippen molar-refractivity contribution in [3.63, 3.8) is 0 Å². The van der Waals surface area contributed by atoms with Gasteiger partial charge in [-0.1, -0.05) is 0 Å². The third-order valence-electron chi connectivity index (χ3n) is 1.96. The van der Waals surface area contributed by atoms with E-state index < -0.39 is 0 Å². The van der Waals surface area contributed by atoms with Crippen molar-refractivity contribution in [3.05, 3.63) is 26.8 Å². The second-order valence-corrected chi connectivity index (χ2v) is 3.85. The van der Waals surface area contributed by atoms with E-state index in [0.29, 0.717) is 11.0 Å². The summed E-state index contributed by atoms with van der Waals surface area (Å²) in [5.41, 5.74) is 0.681. The van der Waals surface area contributed by atoms with E-state index in [4.69, 9.17) is 4.74 Å². The molecule has 1 aliphatic heterocycles. The summed E-state index contributed by atoms with van der Waals surface area (Å²) < 4.78 is 7.14. The van der Waals surface area contributed by atoms with Crippen molar-refractivity contribution in [1.29, 1.82) is 0 Å². The second-order valence-electron chi connectivity index (χ2n) is 3.06. The Balaban J connectivity index is 2.35. The molecule has 1 atom stereocenters. The van der Waals surface area contributed by atoms with Gasteiger partial charge in [0.25, 0.3) is 5.56 Å². The maximum absolute atomic E-state index is 11.6. The number of rotatable bonds is 2. The molecule has 2 rings (SSSR count). The minimum atomic E-state index is -0.0389. The number of ether oxygens (including phenoxy) is 1. The molecule has 0 bridgehead atoms. The van der Waals surface area contributed by atoms with E-state index in [1.165, 1.54) is 0 Å². The van der Waals surface area contributed by atoms with Crippen LogP contribution in [0.2, 0.25) is 0 Å². The predicted octanol–water partition coefficient (Wildman–Crippen LogP) is 0.713. The van der Waals surface area contributed by atoms with Crippen molar-refractivity contribution < 1.29 is 4.74 Å². The highest BCUT2D eigenvalue weighted by atomic mass is 79.9. The molecule has 0 N–H and O–H groups in total. The molecule has 1 aromatic heterocycles. The van der Waals surface area contributed by atoms with Gasteiger partial charge < -0.3 is 4.74 Å². The van der Waals surface area contributed by atoms with E-state index in [1.54, 1.807) is 17.8 Å². The van der Waals surface area contributed by atoms with Crippen LogP contribution >= 0.6 is 15.9 Å². The van der Waals surface area contributed by atoms with Gasteiger partial charge in [0.1, 0.15) is 4.47 Å². The summed E-state index contributed by atoms with van der Waals surface area (Å²) in [5.74, 6) is 0. The number of halogens is 1. The Morgan fingerprint density at radius 1 is 1.85 bits per heavy atom. The lowest BCUT2D eigenvalue weighted by Crippen LogP contribution is -2.24. The molecule has 2 heterocycles. The van der Waals surface area contributed by atoms with Crippen LogP contribution in [0.4, 0.5) is 0 Å². The van der Waals surface area contributed by atoms with Crippen LogP contribution in [-0.2, 0) is 11.3 Å². The molecular weight excluding hydrogens is 236 g/mol. The van der Waals surface area contributed by atoms with E-state index in [2.05, 4.69) is 20.9 Å². The van der Waals surface area contributed by atoms with Crippen LogP contribution in [0.5, 0.6) is 0 Å². The molecule has 5 heteroatoms. The van der Waals surface area contributed by atoms with Gasteiger partial charge in [-0.05, 0) is 22.9 Å². The molecule has 1 aromatic rings. The Morgan fingerprint density at radius 3 is 3.15 bits per heavy atom. The highest BCUT2D eigenvalue weighted by Gasteiger charge is 2.23. The topological polar surface area (TPSA) is 47.4 Å². The van der Waals surface area contributed by atoms with Gasteiger partial charge in [-0.2, -0.15) is 0 Å². The third-order valence-corrected chi connectivity index (χ3v) is 2.87. The molecule has 13 heavy (non-hydrogen) atoms. The Kier molecular flexibility index (Phi) is 2.21. The number of epoxide rings is 1. The molecule has 70 valence electrons. The van der Waals surface area contributed by atoms with Gasteiger partial charge in [0.15, 0.2) is 0 Å². The number of nitrogens with zero attached hydrogens (tertiary/aromatic N) is 2. The molecule has 1 aliphatic rings. The zero-order valence-electron chi connectivity index (χ0n) is 7.16. The first-order valence-corrected chi connectivity index (χ1v) is 4.81. The zero-order valence-corrected chi connectivity index (χ0v) is 8.74.